The van der Waals surface area contributed by atoms with Gasteiger partial charge in [-0.1, -0.05) is 12.1 Å². The van der Waals surface area contributed by atoms with E-state index in [9.17, 15) is 0 Å². The third-order valence-corrected chi connectivity index (χ3v) is 4.53. The lowest BCUT2D eigenvalue weighted by Crippen LogP contribution is -2.28. The van der Waals surface area contributed by atoms with Crippen LogP contribution in [-0.4, -0.2) is 42.7 Å². The van der Waals surface area contributed by atoms with E-state index in [1.54, 1.807) is 0 Å². The molecule has 22 heavy (non-hydrogen) atoms. The van der Waals surface area contributed by atoms with Crippen molar-refractivity contribution in [3.05, 3.63) is 24.3 Å². The molecule has 1 aromatic carbocycles. The molecule has 1 saturated heterocycles. The van der Waals surface area contributed by atoms with Crippen molar-refractivity contribution in [2.75, 3.05) is 36.9 Å². The zero-order valence-electron chi connectivity index (χ0n) is 13.0. The van der Waals surface area contributed by atoms with Gasteiger partial charge in [0.25, 0.3) is 0 Å². The highest BCUT2D eigenvalue weighted by Gasteiger charge is 2.25. The van der Waals surface area contributed by atoms with Gasteiger partial charge in [0.2, 0.25) is 0 Å². The molecule has 0 amide bonds. The zero-order valence-corrected chi connectivity index (χ0v) is 13.0. The fourth-order valence-electron chi connectivity index (χ4n) is 3.12. The summed E-state index contributed by atoms with van der Waals surface area (Å²) >= 11 is 0. The third-order valence-electron chi connectivity index (χ3n) is 4.53. The van der Waals surface area contributed by atoms with Gasteiger partial charge in [-0.05, 0) is 50.4 Å². The summed E-state index contributed by atoms with van der Waals surface area (Å²) in [7, 11) is 2.13. The van der Waals surface area contributed by atoms with Crippen LogP contribution in [-0.2, 0) is 0 Å². The summed E-state index contributed by atoms with van der Waals surface area (Å²) in [4.78, 5) is 12.0. The third kappa shape index (κ3) is 2.86. The first-order chi connectivity index (χ1) is 10.8. The van der Waals surface area contributed by atoms with E-state index < -0.39 is 0 Å². The van der Waals surface area contributed by atoms with E-state index in [-0.39, 0.29) is 0 Å². The Morgan fingerprint density at radius 1 is 1.18 bits per heavy atom. The van der Waals surface area contributed by atoms with Crippen molar-refractivity contribution in [2.45, 2.75) is 25.3 Å². The average Bonchev–Trinajstić information content (AvgIpc) is 3.20. The van der Waals surface area contributed by atoms with Crippen LogP contribution < -0.4 is 15.5 Å². The standard InChI is InChI=1S/C17H23N5/c1-22(11-12-8-9-18-10-12)17-16(19-13-6-7-13)20-14-4-2-3-5-15(14)21-17/h2-5,12-13,18H,6-11H2,1H3,(H,19,20)/t12-/m1/s1. The van der Waals surface area contributed by atoms with E-state index in [0.29, 0.717) is 12.0 Å². The van der Waals surface area contributed by atoms with Crippen molar-refractivity contribution >= 4 is 22.7 Å². The molecule has 2 N–H and O–H groups in total. The van der Waals surface area contributed by atoms with Crippen LogP contribution >= 0.6 is 0 Å². The number of para-hydroxylation sites is 2. The molecule has 1 atom stereocenters. The van der Waals surface area contributed by atoms with E-state index in [2.05, 4.69) is 22.6 Å². The number of nitrogens with one attached hydrogen (secondary N) is 2. The van der Waals surface area contributed by atoms with Crippen molar-refractivity contribution in [2.24, 2.45) is 5.92 Å². The SMILES string of the molecule is CN(C[C@@H]1CCNC1)c1nc2ccccc2nc1NC1CC1. The lowest BCUT2D eigenvalue weighted by Gasteiger charge is -2.24. The number of hydrogen-bond acceptors (Lipinski definition) is 5. The van der Waals surface area contributed by atoms with Gasteiger partial charge in [-0.2, -0.15) is 0 Å². The predicted octanol–water partition coefficient (Wildman–Crippen LogP) is 2.25. The molecule has 1 saturated carbocycles. The average molecular weight is 297 g/mol. The van der Waals surface area contributed by atoms with Crippen molar-refractivity contribution in [1.29, 1.82) is 0 Å². The summed E-state index contributed by atoms with van der Waals surface area (Å²) in [6.07, 6.45) is 3.73. The molecule has 0 radical (unpaired) electrons. The van der Waals surface area contributed by atoms with Gasteiger partial charge in [0.05, 0.1) is 11.0 Å². The molecule has 0 bridgehead atoms. The predicted molar refractivity (Wildman–Crippen MR) is 90.4 cm³/mol. The maximum absolute atomic E-state index is 4.88. The second kappa shape index (κ2) is 5.72. The van der Waals surface area contributed by atoms with Crippen molar-refractivity contribution in [1.82, 2.24) is 15.3 Å². The Kier molecular flexibility index (Phi) is 3.58. The molecule has 1 aliphatic carbocycles. The summed E-state index contributed by atoms with van der Waals surface area (Å²) < 4.78 is 0. The Bertz CT molecular complexity index is 661. The Morgan fingerprint density at radius 3 is 2.64 bits per heavy atom. The van der Waals surface area contributed by atoms with Gasteiger partial charge in [0.1, 0.15) is 0 Å². The van der Waals surface area contributed by atoms with E-state index in [4.69, 9.17) is 9.97 Å². The van der Waals surface area contributed by atoms with Gasteiger partial charge in [0.15, 0.2) is 11.6 Å². The van der Waals surface area contributed by atoms with Crippen LogP contribution in [0, 0.1) is 5.92 Å². The molecule has 1 aromatic heterocycles. The number of aromatic nitrogens is 2. The molecule has 0 spiro atoms. The smallest absolute Gasteiger partial charge is 0.172 e. The van der Waals surface area contributed by atoms with Gasteiger partial charge in [-0.15, -0.1) is 0 Å². The van der Waals surface area contributed by atoms with Crippen molar-refractivity contribution in [3.63, 3.8) is 0 Å². The molecule has 0 unspecified atom stereocenters. The highest BCUT2D eigenvalue weighted by molar-refractivity contribution is 5.80. The summed E-state index contributed by atoms with van der Waals surface area (Å²) in [5.74, 6) is 2.62. The second-order valence-electron chi connectivity index (χ2n) is 6.54. The minimum Gasteiger partial charge on any atom is -0.364 e. The highest BCUT2D eigenvalue weighted by atomic mass is 15.2. The van der Waals surface area contributed by atoms with E-state index in [0.717, 1.165) is 42.3 Å². The van der Waals surface area contributed by atoms with Gasteiger partial charge < -0.3 is 15.5 Å². The Labute approximate surface area is 131 Å². The Hall–Kier alpha value is -1.88. The van der Waals surface area contributed by atoms with Crippen molar-refractivity contribution in [3.8, 4) is 0 Å². The van der Waals surface area contributed by atoms with E-state index in [1.807, 2.05) is 24.3 Å². The summed E-state index contributed by atoms with van der Waals surface area (Å²) in [5, 5.41) is 6.99. The zero-order chi connectivity index (χ0) is 14.9. The minimum absolute atomic E-state index is 0.579. The minimum atomic E-state index is 0.579. The summed E-state index contributed by atoms with van der Waals surface area (Å²) in [5.41, 5.74) is 1.93. The lowest BCUT2D eigenvalue weighted by atomic mass is 10.1. The van der Waals surface area contributed by atoms with Gasteiger partial charge >= 0.3 is 0 Å². The molecule has 2 fully saturated rings. The summed E-state index contributed by atoms with van der Waals surface area (Å²) in [6, 6.07) is 8.69. The number of fused-ring (bicyclic) bond motifs is 1. The first-order valence-electron chi connectivity index (χ1n) is 8.25. The van der Waals surface area contributed by atoms with Crippen LogP contribution in [0.1, 0.15) is 19.3 Å². The fraction of sp³-hybridized carbons (Fsp3) is 0.529. The molecule has 116 valence electrons. The molecular formula is C17H23N5. The quantitative estimate of drug-likeness (QED) is 0.886. The van der Waals surface area contributed by atoms with Gasteiger partial charge in [0, 0.05) is 19.6 Å². The number of anilines is 2. The number of hydrogen-bond donors (Lipinski definition) is 2. The van der Waals surface area contributed by atoms with E-state index >= 15 is 0 Å². The molecule has 4 rings (SSSR count). The van der Waals surface area contributed by atoms with Gasteiger partial charge in [-0.3, -0.25) is 0 Å². The normalized spacial score (nSPS) is 21.2. The van der Waals surface area contributed by atoms with Crippen molar-refractivity contribution < 1.29 is 0 Å². The van der Waals surface area contributed by atoms with Gasteiger partial charge in [-0.25, -0.2) is 9.97 Å². The molecule has 1 aliphatic heterocycles. The second-order valence-corrected chi connectivity index (χ2v) is 6.54. The molecule has 5 heteroatoms. The van der Waals surface area contributed by atoms with Crippen LogP contribution in [0.2, 0.25) is 0 Å². The van der Waals surface area contributed by atoms with Crippen LogP contribution in [0.25, 0.3) is 11.0 Å². The maximum Gasteiger partial charge on any atom is 0.172 e. The van der Waals surface area contributed by atoms with Crippen LogP contribution in [0.15, 0.2) is 24.3 Å². The monoisotopic (exact) mass is 297 g/mol. The molecular weight excluding hydrogens is 274 g/mol. The number of nitrogens with zero attached hydrogens (tertiary/aromatic N) is 3. The van der Waals surface area contributed by atoms with E-state index in [1.165, 1.54) is 19.3 Å². The first kappa shape index (κ1) is 13.8. The summed E-state index contributed by atoms with van der Waals surface area (Å²) in [6.45, 7) is 3.27. The van der Waals surface area contributed by atoms with Crippen LogP contribution in [0.5, 0.6) is 0 Å². The first-order valence-corrected chi connectivity index (χ1v) is 8.25. The topological polar surface area (TPSA) is 53.1 Å². The molecule has 5 nitrogen and oxygen atoms in total. The largest absolute Gasteiger partial charge is 0.364 e. The van der Waals surface area contributed by atoms with Crippen LogP contribution in [0.4, 0.5) is 11.6 Å². The molecule has 2 aromatic rings. The van der Waals surface area contributed by atoms with Crippen LogP contribution in [0.3, 0.4) is 0 Å². The highest BCUT2D eigenvalue weighted by Crippen LogP contribution is 2.30. The number of benzene rings is 1. The molecule has 2 heterocycles. The Morgan fingerprint density at radius 2 is 1.95 bits per heavy atom. The number of rotatable bonds is 5. The lowest BCUT2D eigenvalue weighted by molar-refractivity contribution is 0.576. The molecule has 2 aliphatic rings. The fourth-order valence-corrected chi connectivity index (χ4v) is 3.12. The maximum atomic E-state index is 4.88. The Balaban J connectivity index is 1.65.